The first-order valence-electron chi connectivity index (χ1n) is 8.81. The van der Waals surface area contributed by atoms with Crippen LogP contribution in [0.1, 0.15) is 29.3 Å². The van der Waals surface area contributed by atoms with Crippen LogP contribution in [0, 0.1) is 11.6 Å². The van der Waals surface area contributed by atoms with Gasteiger partial charge in [-0.25, -0.2) is 17.2 Å². The van der Waals surface area contributed by atoms with Crippen LogP contribution in [0.25, 0.3) is 0 Å². The van der Waals surface area contributed by atoms with E-state index in [0.29, 0.717) is 26.1 Å². The second-order valence-corrected chi connectivity index (χ2v) is 9.40. The smallest absolute Gasteiger partial charge is 0.250 e. The predicted molar refractivity (Wildman–Crippen MR) is 102 cm³/mol. The van der Waals surface area contributed by atoms with E-state index in [4.69, 9.17) is 4.74 Å². The van der Waals surface area contributed by atoms with Crippen LogP contribution in [0.3, 0.4) is 0 Å². The van der Waals surface area contributed by atoms with E-state index in [1.807, 2.05) is 0 Å². The topological polar surface area (TPSA) is 76.5 Å². The maximum atomic E-state index is 14.2. The second-order valence-electron chi connectivity index (χ2n) is 7.22. The molecule has 152 valence electrons. The lowest BCUT2D eigenvalue weighted by molar-refractivity contribution is -0.0564. The van der Waals surface area contributed by atoms with Crippen LogP contribution in [0.15, 0.2) is 24.4 Å². The van der Waals surface area contributed by atoms with Gasteiger partial charge in [0.05, 0.1) is 18.6 Å². The molecule has 1 aromatic carbocycles. The first kappa shape index (κ1) is 19.8. The Morgan fingerprint density at radius 3 is 2.79 bits per heavy atom. The average molecular weight is 430 g/mol. The van der Waals surface area contributed by atoms with Gasteiger partial charge < -0.3 is 4.74 Å². The molecule has 7 nitrogen and oxygen atoms in total. The van der Waals surface area contributed by atoms with E-state index in [-0.39, 0.29) is 17.6 Å². The summed E-state index contributed by atoms with van der Waals surface area (Å²) in [7, 11) is -0.976. The minimum atomic E-state index is -3.40. The van der Waals surface area contributed by atoms with Gasteiger partial charge in [-0.3, -0.25) is 9.99 Å². The molecule has 3 unspecified atom stereocenters. The molecule has 4 atom stereocenters. The summed E-state index contributed by atoms with van der Waals surface area (Å²) in [6.45, 7) is 1.45. The molecule has 1 fully saturated rings. The van der Waals surface area contributed by atoms with Crippen molar-refractivity contribution >= 4 is 19.4 Å². The molecule has 0 spiro atoms. The molecule has 0 saturated carbocycles. The zero-order valence-electron chi connectivity index (χ0n) is 15.2. The zero-order valence-corrected chi connectivity index (χ0v) is 17.1. The molecule has 3 heterocycles. The van der Waals surface area contributed by atoms with Crippen LogP contribution >= 0.6 is 9.39 Å². The van der Waals surface area contributed by atoms with Crippen molar-refractivity contribution in [2.75, 3.05) is 12.9 Å². The lowest BCUT2D eigenvalue weighted by Crippen LogP contribution is -2.47. The summed E-state index contributed by atoms with van der Waals surface area (Å²) in [4.78, 5) is 2.16. The highest BCUT2D eigenvalue weighted by molar-refractivity contribution is 7.89. The fourth-order valence-corrected chi connectivity index (χ4v) is 4.72. The first-order valence-corrected chi connectivity index (χ1v) is 11.2. The number of rotatable bonds is 4. The molecule has 2 aromatic rings. The third-order valence-corrected chi connectivity index (χ3v) is 6.57. The van der Waals surface area contributed by atoms with E-state index < -0.39 is 27.8 Å². The van der Waals surface area contributed by atoms with Crippen molar-refractivity contribution in [1.82, 2.24) is 19.2 Å². The minimum absolute atomic E-state index is 0.0480. The highest BCUT2D eigenvalue weighted by Gasteiger charge is 2.38. The number of nitrogens with zero attached hydrogens (tertiary/aromatic N) is 3. The number of fused-ring (bicyclic) bond motifs is 1. The van der Waals surface area contributed by atoms with Gasteiger partial charge in [0.25, 0.3) is 10.0 Å². The average Bonchev–Trinajstić information content (AvgIpc) is 3.22. The molecule has 11 heteroatoms. The predicted octanol–water partition coefficient (Wildman–Crippen LogP) is 1.56. The summed E-state index contributed by atoms with van der Waals surface area (Å²) in [5.74, 6) is -0.997. The summed E-state index contributed by atoms with van der Waals surface area (Å²) in [5.41, 5.74) is 1.81. The molecule has 0 amide bonds. The summed E-state index contributed by atoms with van der Waals surface area (Å²) >= 11 is 0. The third-order valence-electron chi connectivity index (χ3n) is 5.28. The number of hydrogen-bond acceptors (Lipinski definition) is 6. The Bertz CT molecular complexity index is 977. The normalized spacial score (nSPS) is 25.8. The number of halogens is 2. The van der Waals surface area contributed by atoms with Crippen LogP contribution in [0.5, 0.6) is 0 Å². The molecule has 28 heavy (non-hydrogen) atoms. The lowest BCUT2D eigenvalue weighted by atomic mass is 9.93. The van der Waals surface area contributed by atoms with Gasteiger partial charge in [-0.1, -0.05) is 9.39 Å². The Balaban J connectivity index is 1.47. The van der Waals surface area contributed by atoms with Gasteiger partial charge in [-0.05, 0) is 24.6 Å². The third kappa shape index (κ3) is 3.71. The van der Waals surface area contributed by atoms with Gasteiger partial charge in [0.15, 0.2) is 0 Å². The molecule has 4 rings (SSSR count). The zero-order chi connectivity index (χ0) is 20.1. The largest absolute Gasteiger partial charge is 0.370 e. The molecular weight excluding hydrogens is 409 g/mol. The van der Waals surface area contributed by atoms with Gasteiger partial charge in [0.2, 0.25) is 0 Å². The molecule has 0 bridgehead atoms. The molecule has 1 saturated heterocycles. The Morgan fingerprint density at radius 2 is 2.11 bits per heavy atom. The quantitative estimate of drug-likeness (QED) is 0.743. The molecular formula is C17H21F2N4O3PS. The van der Waals surface area contributed by atoms with Gasteiger partial charge in [0.1, 0.15) is 17.7 Å². The van der Waals surface area contributed by atoms with E-state index in [1.165, 1.54) is 6.07 Å². The van der Waals surface area contributed by atoms with Crippen LogP contribution in [-0.2, 0) is 27.8 Å². The molecule has 2 aliphatic heterocycles. The highest BCUT2D eigenvalue weighted by Crippen LogP contribution is 2.35. The van der Waals surface area contributed by atoms with Crippen molar-refractivity contribution in [3.05, 3.63) is 52.9 Å². The van der Waals surface area contributed by atoms with E-state index in [1.54, 1.807) is 6.20 Å². The summed E-state index contributed by atoms with van der Waals surface area (Å²) in [6, 6.07) is 3.20. The maximum absolute atomic E-state index is 14.2. The summed E-state index contributed by atoms with van der Waals surface area (Å²) < 4.78 is 58.0. The van der Waals surface area contributed by atoms with Crippen LogP contribution in [0.4, 0.5) is 8.78 Å². The maximum Gasteiger partial charge on any atom is 0.250 e. The minimum Gasteiger partial charge on any atom is -0.370 e. The van der Waals surface area contributed by atoms with Gasteiger partial charge in [-0.2, -0.15) is 9.19 Å². The van der Waals surface area contributed by atoms with Crippen molar-refractivity contribution < 1.29 is 21.9 Å². The fraction of sp³-hybridized carbons (Fsp3) is 0.471. The monoisotopic (exact) mass is 430 g/mol. The fourth-order valence-electron chi connectivity index (χ4n) is 3.85. The second kappa shape index (κ2) is 7.42. The summed E-state index contributed by atoms with van der Waals surface area (Å²) in [5, 5.41) is 7.24. The van der Waals surface area contributed by atoms with Crippen molar-refractivity contribution in [3.8, 4) is 0 Å². The van der Waals surface area contributed by atoms with Gasteiger partial charge in [0, 0.05) is 42.5 Å². The van der Waals surface area contributed by atoms with Crippen molar-refractivity contribution in [3.63, 3.8) is 0 Å². The molecule has 2 aliphatic rings. The van der Waals surface area contributed by atoms with E-state index >= 15 is 0 Å². The molecule has 0 aliphatic carbocycles. The standard InChI is InChI=1S/C17H21F2N4O3PS/c1-28(24,25)23-7-10-6-22(8-16(10)20-23)12-5-15(21-27)17(26-9-12)13-4-11(18)2-3-14(13)19/h2-4,7,12,15,17,21H,5-6,8-9,27H2,1H3/t12?,15-,17?/m0/s1. The lowest BCUT2D eigenvalue weighted by Gasteiger charge is -2.40. The Hall–Kier alpha value is -1.45. The molecule has 1 N–H and O–H groups in total. The number of nitrogens with one attached hydrogen (secondary N) is 1. The van der Waals surface area contributed by atoms with E-state index in [9.17, 15) is 17.2 Å². The van der Waals surface area contributed by atoms with Crippen LogP contribution in [0.2, 0.25) is 0 Å². The number of benzene rings is 1. The molecule has 0 radical (unpaired) electrons. The van der Waals surface area contributed by atoms with E-state index in [0.717, 1.165) is 33.7 Å². The van der Waals surface area contributed by atoms with Crippen LogP contribution in [-0.4, -0.2) is 47.4 Å². The van der Waals surface area contributed by atoms with Gasteiger partial charge in [-0.15, -0.1) is 0 Å². The Morgan fingerprint density at radius 1 is 1.32 bits per heavy atom. The van der Waals surface area contributed by atoms with Crippen molar-refractivity contribution in [2.45, 2.75) is 37.7 Å². The van der Waals surface area contributed by atoms with E-state index in [2.05, 4.69) is 24.5 Å². The highest BCUT2D eigenvalue weighted by atomic mass is 32.2. The summed E-state index contributed by atoms with van der Waals surface area (Å²) in [6.07, 6.45) is 2.73. The Labute approximate surface area is 164 Å². The van der Waals surface area contributed by atoms with Gasteiger partial charge >= 0.3 is 0 Å². The number of ether oxygens (including phenoxy) is 1. The number of aromatic nitrogens is 2. The SMILES string of the molecule is CS(=O)(=O)n1cc2c(n1)CN(C1COC(c3cc(F)ccc3F)[C@@H](NP)C1)C2. The molecule has 1 aromatic heterocycles. The first-order chi connectivity index (χ1) is 13.3. The Kier molecular flexibility index (Phi) is 5.26. The van der Waals surface area contributed by atoms with Crippen molar-refractivity contribution in [1.29, 1.82) is 0 Å². The van der Waals surface area contributed by atoms with Crippen LogP contribution < -0.4 is 5.09 Å². The number of hydrogen-bond donors (Lipinski definition) is 1. The van der Waals surface area contributed by atoms with Crippen molar-refractivity contribution in [2.24, 2.45) is 0 Å².